The zero-order chi connectivity index (χ0) is 28.2. The molecule has 1 saturated carbocycles. The lowest BCUT2D eigenvalue weighted by molar-refractivity contribution is 0.0144. The van der Waals surface area contributed by atoms with E-state index in [1.807, 2.05) is 25.1 Å². The highest BCUT2D eigenvalue weighted by molar-refractivity contribution is 6.39. The molecule has 7 rings (SSSR count). The Kier molecular flexibility index (Phi) is 6.76. The minimum atomic E-state index is -0.968. The molecule has 41 heavy (non-hydrogen) atoms. The van der Waals surface area contributed by atoms with Gasteiger partial charge in [0.2, 0.25) is 0 Å². The summed E-state index contributed by atoms with van der Waals surface area (Å²) in [5, 5.41) is 19.0. The molecule has 11 heteroatoms. The second kappa shape index (κ2) is 10.5. The molecule has 3 aliphatic rings. The number of halogens is 2. The van der Waals surface area contributed by atoms with Gasteiger partial charge >= 0.3 is 5.97 Å². The highest BCUT2D eigenvalue weighted by Crippen LogP contribution is 2.47. The van der Waals surface area contributed by atoms with E-state index in [0.29, 0.717) is 45.7 Å². The molecule has 0 spiro atoms. The van der Waals surface area contributed by atoms with E-state index in [-0.39, 0.29) is 23.8 Å². The monoisotopic (exact) mass is 594 g/mol. The molecule has 0 amide bonds. The molecule has 2 saturated heterocycles. The van der Waals surface area contributed by atoms with Crippen molar-refractivity contribution in [2.24, 2.45) is 0 Å². The summed E-state index contributed by atoms with van der Waals surface area (Å²) >= 11 is 13.0. The third-order valence-electron chi connectivity index (χ3n) is 8.47. The van der Waals surface area contributed by atoms with Crippen molar-refractivity contribution in [3.8, 4) is 22.7 Å². The number of carboxylic acid groups (broad SMARTS) is 1. The lowest BCUT2D eigenvalue weighted by Crippen LogP contribution is -2.46. The molecule has 1 N–H and O–H groups in total. The van der Waals surface area contributed by atoms with Crippen molar-refractivity contribution < 1.29 is 23.7 Å². The average Bonchev–Trinajstić information content (AvgIpc) is 3.42. The number of carboxylic acids is 1. The zero-order valence-corrected chi connectivity index (χ0v) is 23.9. The summed E-state index contributed by atoms with van der Waals surface area (Å²) in [7, 11) is 0. The predicted octanol–water partition coefficient (Wildman–Crippen LogP) is 7.30. The molecular weight excluding hydrogens is 567 g/mol. The molecule has 9 nitrogen and oxygen atoms in total. The lowest BCUT2D eigenvalue weighted by Gasteiger charge is -2.37. The number of nitrogens with zero attached hydrogens (tertiary/aromatic N) is 4. The zero-order valence-electron chi connectivity index (χ0n) is 22.3. The van der Waals surface area contributed by atoms with Gasteiger partial charge in [-0.3, -0.25) is 0 Å². The first-order valence-electron chi connectivity index (χ1n) is 13.9. The van der Waals surface area contributed by atoms with Crippen LogP contribution < -0.4 is 4.90 Å². The number of hydrogen-bond acceptors (Lipinski definition) is 8. The highest BCUT2D eigenvalue weighted by atomic mass is 35.5. The molecule has 2 aliphatic heterocycles. The highest BCUT2D eigenvalue weighted by Gasteiger charge is 2.44. The Bertz CT molecular complexity index is 1600. The molecule has 2 bridgehead atoms. The molecule has 212 valence electrons. The number of aromatic nitrogens is 3. The topological polar surface area (TPSA) is 115 Å². The van der Waals surface area contributed by atoms with E-state index >= 15 is 0 Å². The fourth-order valence-electron chi connectivity index (χ4n) is 6.31. The largest absolute Gasteiger partial charge is 0.478 e. The van der Waals surface area contributed by atoms with Gasteiger partial charge in [-0.2, -0.15) is 4.98 Å². The van der Waals surface area contributed by atoms with Crippen molar-refractivity contribution in [2.75, 3.05) is 4.90 Å². The van der Waals surface area contributed by atoms with Gasteiger partial charge in [-0.1, -0.05) is 34.4 Å². The predicted molar refractivity (Wildman–Crippen MR) is 152 cm³/mol. The fourth-order valence-corrected chi connectivity index (χ4v) is 6.88. The van der Waals surface area contributed by atoms with E-state index in [4.69, 9.17) is 42.0 Å². The van der Waals surface area contributed by atoms with Gasteiger partial charge < -0.3 is 23.8 Å². The Morgan fingerprint density at radius 2 is 1.78 bits per heavy atom. The molecule has 2 aromatic carbocycles. The Hall–Kier alpha value is -3.40. The summed E-state index contributed by atoms with van der Waals surface area (Å²) in [6.45, 7) is 2.22. The first-order chi connectivity index (χ1) is 19.9. The fraction of sp³-hybridized carbons (Fsp3) is 0.400. The molecule has 0 unspecified atom stereocenters. The number of aryl methyl sites for hydroxylation is 1. The molecular formula is C30H28Cl2N4O5. The first-order valence-corrected chi connectivity index (χ1v) is 14.6. The molecule has 1 aliphatic carbocycles. The molecule has 4 aromatic rings. The van der Waals surface area contributed by atoms with Crippen LogP contribution in [0.1, 0.15) is 71.7 Å². The third-order valence-corrected chi connectivity index (χ3v) is 9.10. The van der Waals surface area contributed by atoms with Crippen molar-refractivity contribution in [2.45, 2.75) is 76.2 Å². The second-order valence-corrected chi connectivity index (χ2v) is 12.0. The number of ether oxygens (including phenoxy) is 1. The maximum atomic E-state index is 11.3. The van der Waals surface area contributed by atoms with Crippen LogP contribution in [0, 0.1) is 6.92 Å². The summed E-state index contributed by atoms with van der Waals surface area (Å²) < 4.78 is 18.0. The maximum Gasteiger partial charge on any atom is 0.335 e. The van der Waals surface area contributed by atoms with Gasteiger partial charge in [0.05, 0.1) is 28.3 Å². The SMILES string of the molecule is Cc1cc(C(=O)O)ccc1-c1nc(N2[C@@H]3CC[C@H]2C[C@@H](OCc2c(-c4c(Cl)cccc4Cl)noc2C2CC2)C3)no1. The number of rotatable bonds is 8. The standard InChI is InChI=1S/C30H28Cl2N4O5/c1-15-11-17(29(37)38)7-10-21(15)28-33-30(35-41-28)36-18-8-9-19(36)13-20(12-18)39-14-22-26(34-40-27(22)16-5-6-16)25-23(31)3-2-4-24(25)32/h2-4,7,10-11,16,18-20H,5-6,8-9,12-14H2,1H3,(H,37,38)/t18-,19+,20+. The van der Waals surface area contributed by atoms with Gasteiger partial charge in [-0.25, -0.2) is 4.79 Å². The molecule has 2 aromatic heterocycles. The molecule has 3 fully saturated rings. The van der Waals surface area contributed by atoms with E-state index < -0.39 is 5.97 Å². The van der Waals surface area contributed by atoms with Gasteiger partial charge in [0, 0.05) is 34.7 Å². The van der Waals surface area contributed by atoms with Crippen LogP contribution in [0.15, 0.2) is 45.4 Å². The van der Waals surface area contributed by atoms with Crippen LogP contribution in [0.3, 0.4) is 0 Å². The molecule has 0 radical (unpaired) electrons. The lowest BCUT2D eigenvalue weighted by atomic mass is 9.99. The summed E-state index contributed by atoms with van der Waals surface area (Å²) in [5.74, 6) is 1.23. The van der Waals surface area contributed by atoms with Gasteiger partial charge in [0.15, 0.2) is 0 Å². The van der Waals surface area contributed by atoms with Crippen LogP contribution in [-0.2, 0) is 11.3 Å². The minimum Gasteiger partial charge on any atom is -0.478 e. The Balaban J connectivity index is 1.07. The van der Waals surface area contributed by atoms with Crippen molar-refractivity contribution in [3.63, 3.8) is 0 Å². The number of aromatic carboxylic acids is 1. The Morgan fingerprint density at radius 1 is 1.05 bits per heavy atom. The summed E-state index contributed by atoms with van der Waals surface area (Å²) in [4.78, 5) is 18.3. The molecule has 4 heterocycles. The van der Waals surface area contributed by atoms with Crippen LogP contribution in [0.25, 0.3) is 22.7 Å². The smallest absolute Gasteiger partial charge is 0.335 e. The van der Waals surface area contributed by atoms with E-state index in [1.54, 1.807) is 18.2 Å². The van der Waals surface area contributed by atoms with Crippen LogP contribution in [0.5, 0.6) is 0 Å². The number of anilines is 1. The third kappa shape index (κ3) is 4.90. The Labute approximate surface area is 246 Å². The van der Waals surface area contributed by atoms with Crippen LogP contribution in [0.2, 0.25) is 10.0 Å². The van der Waals surface area contributed by atoms with Crippen molar-refractivity contribution >= 4 is 35.1 Å². The van der Waals surface area contributed by atoms with Crippen LogP contribution >= 0.6 is 23.2 Å². The van der Waals surface area contributed by atoms with Crippen LogP contribution in [0.4, 0.5) is 5.95 Å². The average molecular weight is 595 g/mol. The number of hydrogen-bond donors (Lipinski definition) is 1. The van der Waals surface area contributed by atoms with E-state index in [0.717, 1.165) is 61.0 Å². The summed E-state index contributed by atoms with van der Waals surface area (Å²) in [5.41, 5.74) is 4.00. The maximum absolute atomic E-state index is 11.3. The van der Waals surface area contributed by atoms with E-state index in [1.165, 1.54) is 0 Å². The molecule has 3 atom stereocenters. The van der Waals surface area contributed by atoms with E-state index in [9.17, 15) is 9.90 Å². The number of benzene rings is 2. The van der Waals surface area contributed by atoms with Gasteiger partial charge in [0.1, 0.15) is 11.5 Å². The number of piperidine rings is 1. The van der Waals surface area contributed by atoms with E-state index in [2.05, 4.69) is 15.2 Å². The first kappa shape index (κ1) is 26.5. The summed E-state index contributed by atoms with van der Waals surface area (Å²) in [6, 6.07) is 10.8. The van der Waals surface area contributed by atoms with Gasteiger partial charge in [-0.15, -0.1) is 0 Å². The van der Waals surface area contributed by atoms with Crippen molar-refractivity contribution in [1.82, 2.24) is 15.3 Å². The Morgan fingerprint density at radius 3 is 2.44 bits per heavy atom. The minimum absolute atomic E-state index is 0.0671. The van der Waals surface area contributed by atoms with Gasteiger partial charge in [0.25, 0.3) is 11.8 Å². The normalized spacial score (nSPS) is 21.9. The second-order valence-electron chi connectivity index (χ2n) is 11.2. The summed E-state index contributed by atoms with van der Waals surface area (Å²) in [6.07, 6.45) is 5.98. The number of fused-ring (bicyclic) bond motifs is 2. The van der Waals surface area contributed by atoms with Crippen molar-refractivity contribution in [3.05, 3.63) is 68.9 Å². The van der Waals surface area contributed by atoms with Crippen molar-refractivity contribution in [1.29, 1.82) is 0 Å². The van der Waals surface area contributed by atoms with Crippen LogP contribution in [-0.4, -0.2) is 44.6 Å². The number of carbonyl (C=O) groups is 1. The van der Waals surface area contributed by atoms with Gasteiger partial charge in [-0.05, 0) is 86.5 Å². The quantitative estimate of drug-likeness (QED) is 0.224.